The molecule has 0 unspecified atom stereocenters. The molecule has 0 radical (unpaired) electrons. The Hall–Kier alpha value is -2.24. The second kappa shape index (κ2) is 14.8. The summed E-state index contributed by atoms with van der Waals surface area (Å²) >= 11 is 0. The van der Waals surface area contributed by atoms with Crippen molar-refractivity contribution in [2.75, 3.05) is 34.4 Å². The third-order valence-corrected chi connectivity index (χ3v) is 4.12. The maximum atomic E-state index is 5.23. The van der Waals surface area contributed by atoms with Gasteiger partial charge in [0.1, 0.15) is 5.75 Å². The van der Waals surface area contributed by atoms with Gasteiger partial charge in [-0.25, -0.2) is 0 Å². The zero-order valence-corrected chi connectivity index (χ0v) is 18.0. The topological polar surface area (TPSA) is 51.8 Å². The Morgan fingerprint density at radius 1 is 0.643 bits per heavy atom. The molecule has 0 fully saturated rings. The van der Waals surface area contributed by atoms with Gasteiger partial charge in [-0.3, -0.25) is 0 Å². The predicted molar refractivity (Wildman–Crippen MR) is 117 cm³/mol. The van der Waals surface area contributed by atoms with E-state index in [9.17, 15) is 0 Å². The smallest absolute Gasteiger partial charge is 0.161 e. The van der Waals surface area contributed by atoms with Gasteiger partial charge >= 0.3 is 0 Å². The molecule has 0 saturated carbocycles. The molecule has 2 aromatic carbocycles. The summed E-state index contributed by atoms with van der Waals surface area (Å²) in [4.78, 5) is 0. The van der Waals surface area contributed by atoms with E-state index in [1.165, 1.54) is 17.5 Å². The summed E-state index contributed by atoms with van der Waals surface area (Å²) in [5.41, 5.74) is 2.51. The number of rotatable bonds is 11. The Labute approximate surface area is 170 Å². The molecule has 2 N–H and O–H groups in total. The Balaban J connectivity index is 0.000000283. The summed E-state index contributed by atoms with van der Waals surface area (Å²) in [5.74, 6) is 2.48. The largest absolute Gasteiger partial charge is 0.497 e. The molecule has 5 heteroatoms. The van der Waals surface area contributed by atoms with Crippen molar-refractivity contribution in [2.24, 2.45) is 0 Å². The monoisotopic (exact) mass is 388 g/mol. The van der Waals surface area contributed by atoms with Crippen molar-refractivity contribution in [1.82, 2.24) is 10.6 Å². The van der Waals surface area contributed by atoms with E-state index >= 15 is 0 Å². The maximum absolute atomic E-state index is 5.23. The molecule has 0 heterocycles. The number of hydrogen-bond acceptors (Lipinski definition) is 5. The van der Waals surface area contributed by atoms with Gasteiger partial charge in [0.25, 0.3) is 0 Å². The second-order valence-electron chi connectivity index (χ2n) is 6.39. The number of ether oxygens (including phenoxy) is 3. The van der Waals surface area contributed by atoms with E-state index in [1.54, 1.807) is 21.3 Å². The van der Waals surface area contributed by atoms with Gasteiger partial charge < -0.3 is 24.8 Å². The highest BCUT2D eigenvalue weighted by atomic mass is 16.5. The highest BCUT2D eigenvalue weighted by molar-refractivity contribution is 5.42. The van der Waals surface area contributed by atoms with Crippen LogP contribution in [0, 0.1) is 0 Å². The molecule has 0 bridgehead atoms. The normalized spacial score (nSPS) is 10.0. The molecule has 0 amide bonds. The molecular formula is C23H36N2O3. The summed E-state index contributed by atoms with van der Waals surface area (Å²) in [7, 11) is 4.98. The van der Waals surface area contributed by atoms with Crippen LogP contribution in [-0.4, -0.2) is 34.4 Å². The van der Waals surface area contributed by atoms with Crippen LogP contribution in [0.1, 0.15) is 37.8 Å². The number of nitrogens with one attached hydrogen (secondary N) is 2. The van der Waals surface area contributed by atoms with E-state index in [0.29, 0.717) is 0 Å². The van der Waals surface area contributed by atoms with E-state index in [1.807, 2.05) is 30.3 Å². The number of benzene rings is 2. The maximum Gasteiger partial charge on any atom is 0.161 e. The van der Waals surface area contributed by atoms with E-state index in [-0.39, 0.29) is 0 Å². The highest BCUT2D eigenvalue weighted by Crippen LogP contribution is 2.27. The lowest BCUT2D eigenvalue weighted by atomic mass is 10.2. The van der Waals surface area contributed by atoms with Crippen LogP contribution in [-0.2, 0) is 13.1 Å². The summed E-state index contributed by atoms with van der Waals surface area (Å²) in [6.07, 6.45) is 2.32. The van der Waals surface area contributed by atoms with Crippen LogP contribution in [0.4, 0.5) is 0 Å². The first-order valence-electron chi connectivity index (χ1n) is 9.93. The van der Waals surface area contributed by atoms with Gasteiger partial charge in [-0.15, -0.1) is 0 Å². The molecule has 0 spiro atoms. The van der Waals surface area contributed by atoms with Crippen molar-refractivity contribution in [2.45, 2.75) is 39.8 Å². The van der Waals surface area contributed by atoms with Crippen LogP contribution < -0.4 is 24.8 Å². The van der Waals surface area contributed by atoms with Gasteiger partial charge in [-0.1, -0.05) is 32.0 Å². The summed E-state index contributed by atoms with van der Waals surface area (Å²) < 4.78 is 15.5. The SMILES string of the molecule is CCCNCc1ccc(OC)c(OC)c1.CCCNCc1ccc(OC)cc1. The summed E-state index contributed by atoms with van der Waals surface area (Å²) in [6.45, 7) is 8.25. The molecule has 0 saturated heterocycles. The number of hydrogen-bond donors (Lipinski definition) is 2. The number of methoxy groups -OCH3 is 3. The van der Waals surface area contributed by atoms with Gasteiger partial charge in [-0.05, 0) is 61.3 Å². The van der Waals surface area contributed by atoms with Gasteiger partial charge in [0, 0.05) is 13.1 Å². The zero-order valence-electron chi connectivity index (χ0n) is 18.0. The summed E-state index contributed by atoms with van der Waals surface area (Å²) in [5, 5.41) is 6.69. The van der Waals surface area contributed by atoms with E-state index < -0.39 is 0 Å². The minimum absolute atomic E-state index is 0.775. The molecule has 0 aromatic heterocycles. The lowest BCUT2D eigenvalue weighted by Crippen LogP contribution is -2.13. The van der Waals surface area contributed by atoms with E-state index in [0.717, 1.165) is 49.8 Å². The zero-order chi connectivity index (χ0) is 20.6. The van der Waals surface area contributed by atoms with Crippen LogP contribution in [0.15, 0.2) is 42.5 Å². The third kappa shape index (κ3) is 9.11. The van der Waals surface area contributed by atoms with Crippen LogP contribution in [0.3, 0.4) is 0 Å². The Morgan fingerprint density at radius 3 is 1.68 bits per heavy atom. The Kier molecular flexibility index (Phi) is 12.6. The van der Waals surface area contributed by atoms with Crippen molar-refractivity contribution in [3.05, 3.63) is 53.6 Å². The lowest BCUT2D eigenvalue weighted by Gasteiger charge is -2.09. The molecule has 28 heavy (non-hydrogen) atoms. The summed E-state index contributed by atoms with van der Waals surface area (Å²) in [6, 6.07) is 14.1. The first-order chi connectivity index (χ1) is 13.7. The van der Waals surface area contributed by atoms with Crippen LogP contribution >= 0.6 is 0 Å². The van der Waals surface area contributed by atoms with E-state index in [4.69, 9.17) is 14.2 Å². The van der Waals surface area contributed by atoms with Gasteiger partial charge in [0.05, 0.1) is 21.3 Å². The highest BCUT2D eigenvalue weighted by Gasteiger charge is 2.03. The average Bonchev–Trinajstić information content (AvgIpc) is 2.75. The molecule has 2 aromatic rings. The second-order valence-corrected chi connectivity index (χ2v) is 6.39. The fourth-order valence-corrected chi connectivity index (χ4v) is 2.55. The fraction of sp³-hybridized carbons (Fsp3) is 0.478. The molecule has 0 aliphatic heterocycles. The molecule has 2 rings (SSSR count). The molecule has 0 aliphatic rings. The Bertz CT molecular complexity index is 645. The molecule has 0 aliphatic carbocycles. The van der Waals surface area contributed by atoms with Crippen LogP contribution in [0.2, 0.25) is 0 Å². The minimum atomic E-state index is 0.775. The predicted octanol–water partition coefficient (Wildman–Crippen LogP) is 4.40. The van der Waals surface area contributed by atoms with Gasteiger partial charge in [-0.2, -0.15) is 0 Å². The van der Waals surface area contributed by atoms with Crippen LogP contribution in [0.25, 0.3) is 0 Å². The Morgan fingerprint density at radius 2 is 1.18 bits per heavy atom. The third-order valence-electron chi connectivity index (χ3n) is 4.12. The van der Waals surface area contributed by atoms with Crippen molar-refractivity contribution in [1.29, 1.82) is 0 Å². The average molecular weight is 389 g/mol. The molecular weight excluding hydrogens is 352 g/mol. The van der Waals surface area contributed by atoms with Crippen molar-refractivity contribution < 1.29 is 14.2 Å². The quantitative estimate of drug-likeness (QED) is 0.559. The molecule has 5 nitrogen and oxygen atoms in total. The van der Waals surface area contributed by atoms with Crippen molar-refractivity contribution in [3.8, 4) is 17.2 Å². The van der Waals surface area contributed by atoms with Crippen LogP contribution in [0.5, 0.6) is 17.2 Å². The van der Waals surface area contributed by atoms with Crippen molar-refractivity contribution in [3.63, 3.8) is 0 Å². The van der Waals surface area contributed by atoms with Crippen molar-refractivity contribution >= 4 is 0 Å². The van der Waals surface area contributed by atoms with E-state index in [2.05, 4.69) is 36.6 Å². The van der Waals surface area contributed by atoms with Gasteiger partial charge in [0.2, 0.25) is 0 Å². The fourth-order valence-electron chi connectivity index (χ4n) is 2.55. The minimum Gasteiger partial charge on any atom is -0.497 e. The first-order valence-corrected chi connectivity index (χ1v) is 9.93. The standard InChI is InChI=1S/C12H19NO2.C11H17NO/c1-4-7-13-9-10-5-6-11(14-2)12(8-10)15-3;1-3-8-12-9-10-4-6-11(13-2)7-5-10/h5-6,8,13H,4,7,9H2,1-3H3;4-7,12H,3,8-9H2,1-2H3. The molecule has 156 valence electrons. The first kappa shape index (κ1) is 23.8. The van der Waals surface area contributed by atoms with Gasteiger partial charge in [0.15, 0.2) is 11.5 Å². The molecule has 0 atom stereocenters. The lowest BCUT2D eigenvalue weighted by molar-refractivity contribution is 0.354.